The van der Waals surface area contributed by atoms with Crippen LogP contribution in [0.5, 0.6) is 0 Å². The molecule has 2 nitrogen and oxygen atoms in total. The number of thioether (sulfide) groups is 1. The molecular weight excluding hydrogens is 235 g/mol. The van der Waals surface area contributed by atoms with Crippen LogP contribution in [0.15, 0.2) is 17.0 Å². The SMILES string of the molecule is CN(C)CCSc1cc(F)c(Cl)cc1N. The first kappa shape index (κ1) is 12.6. The highest BCUT2D eigenvalue weighted by Gasteiger charge is 2.06. The van der Waals surface area contributed by atoms with E-state index in [2.05, 4.69) is 4.90 Å². The van der Waals surface area contributed by atoms with Crippen LogP contribution >= 0.6 is 23.4 Å². The van der Waals surface area contributed by atoms with E-state index < -0.39 is 5.82 Å². The van der Waals surface area contributed by atoms with Crippen LogP contribution in [0.2, 0.25) is 5.02 Å². The van der Waals surface area contributed by atoms with Crippen LogP contribution in [0.4, 0.5) is 10.1 Å². The summed E-state index contributed by atoms with van der Waals surface area (Å²) < 4.78 is 13.1. The Morgan fingerprint density at radius 1 is 1.47 bits per heavy atom. The lowest BCUT2D eigenvalue weighted by Crippen LogP contribution is -2.14. The maximum absolute atomic E-state index is 13.1. The maximum atomic E-state index is 13.1. The minimum absolute atomic E-state index is 0.0736. The van der Waals surface area contributed by atoms with Gasteiger partial charge >= 0.3 is 0 Å². The third-order valence-corrected chi connectivity index (χ3v) is 3.19. The number of anilines is 1. The summed E-state index contributed by atoms with van der Waals surface area (Å²) in [5, 5.41) is 0.0736. The Bertz CT molecular complexity index is 344. The highest BCUT2D eigenvalue weighted by molar-refractivity contribution is 7.99. The Kier molecular flexibility index (Phi) is 4.70. The van der Waals surface area contributed by atoms with Crippen molar-refractivity contribution in [1.29, 1.82) is 0 Å². The first-order valence-electron chi connectivity index (χ1n) is 4.52. The van der Waals surface area contributed by atoms with Gasteiger partial charge < -0.3 is 10.6 Å². The topological polar surface area (TPSA) is 29.3 Å². The highest BCUT2D eigenvalue weighted by Crippen LogP contribution is 2.29. The second-order valence-electron chi connectivity index (χ2n) is 3.46. The van der Waals surface area contributed by atoms with Crippen molar-refractivity contribution in [1.82, 2.24) is 4.90 Å². The fourth-order valence-corrected chi connectivity index (χ4v) is 2.27. The quantitative estimate of drug-likeness (QED) is 0.656. The van der Waals surface area contributed by atoms with E-state index in [1.807, 2.05) is 14.1 Å². The fraction of sp³-hybridized carbons (Fsp3) is 0.400. The molecule has 0 aliphatic rings. The molecule has 0 aliphatic carbocycles. The minimum atomic E-state index is -0.418. The summed E-state index contributed by atoms with van der Waals surface area (Å²) in [5.41, 5.74) is 6.25. The van der Waals surface area contributed by atoms with E-state index in [0.29, 0.717) is 5.69 Å². The van der Waals surface area contributed by atoms with E-state index in [4.69, 9.17) is 17.3 Å². The molecule has 15 heavy (non-hydrogen) atoms. The predicted molar refractivity (Wildman–Crippen MR) is 65.1 cm³/mol. The first-order valence-corrected chi connectivity index (χ1v) is 5.89. The lowest BCUT2D eigenvalue weighted by atomic mass is 10.3. The molecule has 0 radical (unpaired) electrons. The van der Waals surface area contributed by atoms with Gasteiger partial charge in [-0.05, 0) is 26.2 Å². The monoisotopic (exact) mass is 248 g/mol. The summed E-state index contributed by atoms with van der Waals surface area (Å²) in [6, 6.07) is 2.84. The molecule has 0 unspecified atom stereocenters. The molecule has 0 saturated heterocycles. The van der Waals surface area contributed by atoms with E-state index in [9.17, 15) is 4.39 Å². The minimum Gasteiger partial charge on any atom is -0.398 e. The number of nitrogen functional groups attached to an aromatic ring is 1. The van der Waals surface area contributed by atoms with Crippen molar-refractivity contribution in [3.05, 3.63) is 23.0 Å². The Balaban J connectivity index is 2.65. The molecule has 0 amide bonds. The van der Waals surface area contributed by atoms with Crippen molar-refractivity contribution >= 4 is 29.1 Å². The molecule has 0 atom stereocenters. The maximum Gasteiger partial charge on any atom is 0.143 e. The van der Waals surface area contributed by atoms with Gasteiger partial charge in [0.1, 0.15) is 5.82 Å². The smallest absolute Gasteiger partial charge is 0.143 e. The molecule has 0 bridgehead atoms. The molecule has 1 aromatic carbocycles. The van der Waals surface area contributed by atoms with Crippen molar-refractivity contribution in [2.45, 2.75) is 4.90 Å². The van der Waals surface area contributed by atoms with Gasteiger partial charge in [0.25, 0.3) is 0 Å². The van der Waals surface area contributed by atoms with Crippen LogP contribution in [0.25, 0.3) is 0 Å². The zero-order valence-corrected chi connectivity index (χ0v) is 10.3. The number of rotatable bonds is 4. The largest absolute Gasteiger partial charge is 0.398 e. The van der Waals surface area contributed by atoms with Crippen molar-refractivity contribution in [3.63, 3.8) is 0 Å². The average Bonchev–Trinajstić information content (AvgIpc) is 2.13. The van der Waals surface area contributed by atoms with Crippen LogP contribution in [-0.4, -0.2) is 31.3 Å². The molecule has 1 rings (SSSR count). The molecule has 0 aromatic heterocycles. The molecule has 0 fully saturated rings. The van der Waals surface area contributed by atoms with E-state index in [1.165, 1.54) is 23.9 Å². The van der Waals surface area contributed by atoms with Crippen molar-refractivity contribution in [2.75, 3.05) is 32.1 Å². The summed E-state index contributed by atoms with van der Waals surface area (Å²) in [6.07, 6.45) is 0. The van der Waals surface area contributed by atoms with Gasteiger partial charge in [-0.1, -0.05) is 11.6 Å². The number of nitrogens with zero attached hydrogens (tertiary/aromatic N) is 1. The van der Waals surface area contributed by atoms with Gasteiger partial charge in [0.05, 0.1) is 5.02 Å². The van der Waals surface area contributed by atoms with Gasteiger partial charge in [-0.25, -0.2) is 4.39 Å². The highest BCUT2D eigenvalue weighted by atomic mass is 35.5. The predicted octanol–water partition coefficient (Wildman–Crippen LogP) is 2.71. The lowest BCUT2D eigenvalue weighted by molar-refractivity contribution is 0.437. The molecule has 0 spiro atoms. The van der Waals surface area contributed by atoms with Crippen LogP contribution in [-0.2, 0) is 0 Å². The molecule has 84 valence electrons. The molecule has 0 saturated carbocycles. The summed E-state index contributed by atoms with van der Waals surface area (Å²) in [5.74, 6) is 0.455. The van der Waals surface area contributed by atoms with E-state index in [1.54, 1.807) is 0 Å². The van der Waals surface area contributed by atoms with Gasteiger partial charge in [-0.3, -0.25) is 0 Å². The first-order chi connectivity index (χ1) is 7.00. The van der Waals surface area contributed by atoms with E-state index in [-0.39, 0.29) is 5.02 Å². The summed E-state index contributed by atoms with van der Waals surface area (Å²) in [4.78, 5) is 2.81. The average molecular weight is 249 g/mol. The standard InChI is InChI=1S/C10H14ClFN2S/c1-14(2)3-4-15-10-6-8(12)7(11)5-9(10)13/h5-6H,3-4,13H2,1-2H3. The Hall–Kier alpha value is -0.450. The number of nitrogens with two attached hydrogens (primary N) is 1. The molecule has 0 aliphatic heterocycles. The molecular formula is C10H14ClFN2S. The van der Waals surface area contributed by atoms with Crippen LogP contribution in [0.3, 0.4) is 0 Å². The van der Waals surface area contributed by atoms with Crippen molar-refractivity contribution < 1.29 is 4.39 Å². The number of halogens is 2. The van der Waals surface area contributed by atoms with Gasteiger partial charge in [-0.15, -0.1) is 11.8 Å². The molecule has 0 heterocycles. The van der Waals surface area contributed by atoms with Crippen LogP contribution < -0.4 is 5.73 Å². The van der Waals surface area contributed by atoms with Crippen LogP contribution in [0, 0.1) is 5.82 Å². The zero-order valence-electron chi connectivity index (χ0n) is 8.76. The Morgan fingerprint density at radius 3 is 2.73 bits per heavy atom. The zero-order chi connectivity index (χ0) is 11.4. The number of hydrogen-bond donors (Lipinski definition) is 1. The summed E-state index contributed by atoms with van der Waals surface area (Å²) in [6.45, 7) is 0.925. The number of benzene rings is 1. The third kappa shape index (κ3) is 3.89. The van der Waals surface area contributed by atoms with Crippen molar-refractivity contribution in [3.8, 4) is 0 Å². The molecule has 5 heteroatoms. The molecule has 1 aromatic rings. The Labute approximate surface area is 98.6 Å². The second-order valence-corrected chi connectivity index (χ2v) is 5.00. The normalized spacial score (nSPS) is 11.0. The van der Waals surface area contributed by atoms with Gasteiger partial charge in [0.2, 0.25) is 0 Å². The fourth-order valence-electron chi connectivity index (χ4n) is 1.01. The summed E-state index contributed by atoms with van der Waals surface area (Å²) in [7, 11) is 3.98. The van der Waals surface area contributed by atoms with E-state index in [0.717, 1.165) is 17.2 Å². The molecule has 2 N–H and O–H groups in total. The lowest BCUT2D eigenvalue weighted by Gasteiger charge is -2.10. The van der Waals surface area contributed by atoms with E-state index >= 15 is 0 Å². The third-order valence-electron chi connectivity index (χ3n) is 1.85. The second kappa shape index (κ2) is 5.58. The van der Waals surface area contributed by atoms with Crippen LogP contribution in [0.1, 0.15) is 0 Å². The van der Waals surface area contributed by atoms with Gasteiger partial charge in [-0.2, -0.15) is 0 Å². The van der Waals surface area contributed by atoms with Gasteiger partial charge in [0, 0.05) is 22.9 Å². The number of hydrogen-bond acceptors (Lipinski definition) is 3. The Morgan fingerprint density at radius 2 is 2.13 bits per heavy atom. The van der Waals surface area contributed by atoms with Gasteiger partial charge in [0.15, 0.2) is 0 Å². The summed E-state index contributed by atoms with van der Waals surface area (Å²) >= 11 is 7.13. The van der Waals surface area contributed by atoms with Crippen molar-refractivity contribution in [2.24, 2.45) is 0 Å².